The Morgan fingerprint density at radius 2 is 1.82 bits per heavy atom. The minimum Gasteiger partial charge on any atom is -0.480 e. The van der Waals surface area contributed by atoms with Crippen LogP contribution in [0.4, 0.5) is 0 Å². The number of benzene rings is 2. The number of aromatic amines is 1. The Bertz CT molecular complexity index is 1050. The average molecular weight is 468 g/mol. The first-order valence-corrected chi connectivity index (χ1v) is 11.7. The molecule has 0 fully saturated rings. The molecule has 33 heavy (non-hydrogen) atoms. The number of carboxylic acids is 1. The summed E-state index contributed by atoms with van der Waals surface area (Å²) < 4.78 is 0. The minimum atomic E-state index is -1.04. The highest BCUT2D eigenvalue weighted by Crippen LogP contribution is 2.32. The van der Waals surface area contributed by atoms with Crippen molar-refractivity contribution in [2.45, 2.75) is 57.4 Å². The summed E-state index contributed by atoms with van der Waals surface area (Å²) in [6, 6.07) is 16.4. The second kappa shape index (κ2) is 12.2. The van der Waals surface area contributed by atoms with E-state index in [4.69, 9.17) is 11.6 Å². The average Bonchev–Trinajstić information content (AvgIpc) is 3.26. The van der Waals surface area contributed by atoms with Gasteiger partial charge in [-0.15, -0.1) is 0 Å². The minimum absolute atomic E-state index is 0.00750. The van der Waals surface area contributed by atoms with Gasteiger partial charge in [-0.05, 0) is 36.5 Å². The third-order valence-corrected chi connectivity index (χ3v) is 6.00. The molecule has 2 aromatic carbocycles. The molecule has 0 saturated heterocycles. The number of halogens is 1. The van der Waals surface area contributed by atoms with Crippen LogP contribution in [-0.4, -0.2) is 33.0 Å². The molecule has 0 aliphatic heterocycles. The normalized spacial score (nSPS) is 12.8. The fourth-order valence-corrected chi connectivity index (χ4v) is 4.15. The van der Waals surface area contributed by atoms with Crippen molar-refractivity contribution in [3.8, 4) is 0 Å². The smallest absolute Gasteiger partial charge is 0.326 e. The van der Waals surface area contributed by atoms with Crippen LogP contribution >= 0.6 is 11.6 Å². The number of rotatable bonds is 12. The van der Waals surface area contributed by atoms with E-state index in [1.54, 1.807) is 6.20 Å². The number of carboxylic acid groups (broad SMARTS) is 1. The van der Waals surface area contributed by atoms with Crippen molar-refractivity contribution < 1.29 is 14.7 Å². The van der Waals surface area contributed by atoms with Gasteiger partial charge in [-0.2, -0.15) is 0 Å². The Morgan fingerprint density at radius 3 is 2.52 bits per heavy atom. The Morgan fingerprint density at radius 1 is 1.09 bits per heavy atom. The summed E-state index contributed by atoms with van der Waals surface area (Å²) in [5, 5.41) is 12.9. The first kappa shape index (κ1) is 24.5. The van der Waals surface area contributed by atoms with Crippen LogP contribution in [0.25, 0.3) is 0 Å². The molecule has 3 N–H and O–H groups in total. The monoisotopic (exact) mass is 467 g/mol. The van der Waals surface area contributed by atoms with E-state index in [2.05, 4.69) is 22.2 Å². The molecule has 0 aliphatic rings. The van der Waals surface area contributed by atoms with Crippen LogP contribution in [0.3, 0.4) is 0 Å². The van der Waals surface area contributed by atoms with Crippen molar-refractivity contribution in [2.75, 3.05) is 0 Å². The molecule has 1 aromatic heterocycles. The topological polar surface area (TPSA) is 95.1 Å². The lowest BCUT2D eigenvalue weighted by Crippen LogP contribution is -2.41. The van der Waals surface area contributed by atoms with Gasteiger partial charge in [0, 0.05) is 22.8 Å². The lowest BCUT2D eigenvalue weighted by atomic mass is 9.93. The van der Waals surface area contributed by atoms with Gasteiger partial charge < -0.3 is 15.4 Å². The lowest BCUT2D eigenvalue weighted by molar-refractivity contribution is -0.141. The third kappa shape index (κ3) is 7.19. The Hall–Kier alpha value is -3.12. The number of carbonyl (C=O) groups excluding carboxylic acids is 1. The summed E-state index contributed by atoms with van der Waals surface area (Å²) in [4.78, 5) is 32.0. The largest absolute Gasteiger partial charge is 0.480 e. The molecule has 3 aromatic rings. The van der Waals surface area contributed by atoms with Crippen LogP contribution < -0.4 is 5.32 Å². The maximum Gasteiger partial charge on any atom is 0.326 e. The van der Waals surface area contributed by atoms with Crippen LogP contribution in [0.2, 0.25) is 5.02 Å². The quantitative estimate of drug-likeness (QED) is 0.344. The number of imidazole rings is 1. The van der Waals surface area contributed by atoms with Gasteiger partial charge in [0.15, 0.2) is 0 Å². The highest BCUT2D eigenvalue weighted by Gasteiger charge is 2.22. The number of hydrogen-bond donors (Lipinski definition) is 3. The zero-order valence-electron chi connectivity index (χ0n) is 18.8. The van der Waals surface area contributed by atoms with Crippen molar-refractivity contribution in [1.82, 2.24) is 15.3 Å². The Kier molecular flexibility index (Phi) is 9.07. The number of aliphatic carboxylic acids is 1. The summed E-state index contributed by atoms with van der Waals surface area (Å²) in [5.41, 5.74) is 2.68. The van der Waals surface area contributed by atoms with Gasteiger partial charge in [0.25, 0.3) is 0 Å². The number of carbonyl (C=O) groups is 2. The molecule has 7 heteroatoms. The number of unbranched alkanes of at least 4 members (excludes halogenated alkanes) is 1. The number of aromatic nitrogens is 2. The second-order valence-corrected chi connectivity index (χ2v) is 8.58. The molecular weight excluding hydrogens is 438 g/mol. The maximum absolute atomic E-state index is 12.6. The first-order chi connectivity index (χ1) is 16.0. The molecule has 0 radical (unpaired) electrons. The van der Waals surface area contributed by atoms with Crippen molar-refractivity contribution in [3.05, 3.63) is 88.5 Å². The number of nitrogens with zero attached hydrogens (tertiary/aromatic N) is 1. The molecule has 2 atom stereocenters. The molecule has 174 valence electrons. The van der Waals surface area contributed by atoms with Gasteiger partial charge in [0.05, 0.1) is 6.42 Å². The Labute approximate surface area is 199 Å². The van der Waals surface area contributed by atoms with E-state index in [0.717, 1.165) is 36.2 Å². The van der Waals surface area contributed by atoms with Gasteiger partial charge in [-0.25, -0.2) is 9.78 Å². The van der Waals surface area contributed by atoms with E-state index >= 15 is 0 Å². The van der Waals surface area contributed by atoms with E-state index in [1.807, 2.05) is 54.6 Å². The second-order valence-electron chi connectivity index (χ2n) is 8.17. The van der Waals surface area contributed by atoms with Gasteiger partial charge >= 0.3 is 5.97 Å². The molecule has 1 amide bonds. The zero-order chi connectivity index (χ0) is 23.6. The standard InChI is InChI=1S/C26H30ClN3O3/c1-2-3-11-21(20-12-7-8-13-22(20)27)25-28-17-19(29-25)16-24(31)30-23(26(32)33)15-14-18-9-5-4-6-10-18/h4-10,12-13,17,21,23H,2-3,11,14-16H2,1H3,(H,28,29)(H,30,31)(H,32,33). The molecule has 3 rings (SSSR count). The van der Waals surface area contributed by atoms with Crippen LogP contribution in [0, 0.1) is 0 Å². The summed E-state index contributed by atoms with van der Waals surface area (Å²) in [5.74, 6) is -0.622. The molecule has 1 heterocycles. The van der Waals surface area contributed by atoms with Gasteiger partial charge in [0.1, 0.15) is 11.9 Å². The third-order valence-electron chi connectivity index (χ3n) is 5.65. The van der Waals surface area contributed by atoms with Crippen molar-refractivity contribution in [2.24, 2.45) is 0 Å². The van der Waals surface area contributed by atoms with E-state index in [0.29, 0.717) is 23.6 Å². The number of aryl methyl sites for hydroxylation is 1. The Balaban J connectivity index is 1.64. The number of H-pyrrole nitrogens is 1. The lowest BCUT2D eigenvalue weighted by Gasteiger charge is -2.16. The first-order valence-electron chi connectivity index (χ1n) is 11.3. The molecule has 0 bridgehead atoms. The number of hydrogen-bond acceptors (Lipinski definition) is 3. The van der Waals surface area contributed by atoms with Crippen molar-refractivity contribution in [3.63, 3.8) is 0 Å². The molecule has 0 aliphatic carbocycles. The summed E-state index contributed by atoms with van der Waals surface area (Å²) in [6.07, 6.45) is 5.54. The predicted molar refractivity (Wildman–Crippen MR) is 129 cm³/mol. The van der Waals surface area contributed by atoms with E-state index in [-0.39, 0.29) is 18.2 Å². The van der Waals surface area contributed by atoms with E-state index in [9.17, 15) is 14.7 Å². The summed E-state index contributed by atoms with van der Waals surface area (Å²) >= 11 is 6.44. The van der Waals surface area contributed by atoms with Crippen molar-refractivity contribution in [1.29, 1.82) is 0 Å². The zero-order valence-corrected chi connectivity index (χ0v) is 19.5. The fourth-order valence-electron chi connectivity index (χ4n) is 3.88. The van der Waals surface area contributed by atoms with Gasteiger partial charge in [0.2, 0.25) is 5.91 Å². The highest BCUT2D eigenvalue weighted by atomic mass is 35.5. The summed E-state index contributed by atoms with van der Waals surface area (Å²) in [7, 11) is 0. The molecular formula is C26H30ClN3O3. The molecule has 2 unspecified atom stereocenters. The van der Waals surface area contributed by atoms with Crippen molar-refractivity contribution >= 4 is 23.5 Å². The molecule has 0 saturated carbocycles. The van der Waals surface area contributed by atoms with Crippen LogP contribution in [0.15, 0.2) is 60.8 Å². The number of amides is 1. The van der Waals surface area contributed by atoms with Crippen LogP contribution in [0.5, 0.6) is 0 Å². The van der Waals surface area contributed by atoms with Gasteiger partial charge in [-0.1, -0.05) is 79.9 Å². The fraction of sp³-hybridized carbons (Fsp3) is 0.346. The van der Waals surface area contributed by atoms with Gasteiger partial charge in [-0.3, -0.25) is 4.79 Å². The predicted octanol–water partition coefficient (Wildman–Crippen LogP) is 5.13. The summed E-state index contributed by atoms with van der Waals surface area (Å²) in [6.45, 7) is 2.14. The number of nitrogens with one attached hydrogen (secondary N) is 2. The van der Waals surface area contributed by atoms with Crippen LogP contribution in [-0.2, 0) is 22.4 Å². The molecule has 6 nitrogen and oxygen atoms in total. The van der Waals surface area contributed by atoms with E-state index in [1.165, 1.54) is 0 Å². The highest BCUT2D eigenvalue weighted by molar-refractivity contribution is 6.31. The van der Waals surface area contributed by atoms with E-state index < -0.39 is 12.0 Å². The molecule has 0 spiro atoms. The maximum atomic E-state index is 12.6. The van der Waals surface area contributed by atoms with Crippen LogP contribution in [0.1, 0.15) is 61.2 Å². The SMILES string of the molecule is CCCCC(c1ncc(CC(=O)NC(CCc2ccccc2)C(=O)O)[nH]1)c1ccccc1Cl.